The summed E-state index contributed by atoms with van der Waals surface area (Å²) in [4.78, 5) is 4.86. The molecule has 1 aromatic rings. The van der Waals surface area contributed by atoms with Crippen molar-refractivity contribution in [1.29, 1.82) is 0 Å². The van der Waals surface area contributed by atoms with Crippen molar-refractivity contribution in [3.05, 3.63) is 35.4 Å². The number of benzene rings is 1. The molecule has 4 heteroatoms. The molecule has 3 N–H and O–H groups in total. The maximum absolute atomic E-state index is 9.11. The van der Waals surface area contributed by atoms with Crippen molar-refractivity contribution in [3.63, 3.8) is 0 Å². The molecular formula is C17H29N3O. The SMILES string of the molecule is Cc1ccccc1C(C(C)N)N1CCCN(CCO)CC1. The average Bonchev–Trinajstić information content (AvgIpc) is 2.67. The van der Waals surface area contributed by atoms with Crippen LogP contribution in [0.2, 0.25) is 0 Å². The van der Waals surface area contributed by atoms with Gasteiger partial charge in [0.05, 0.1) is 6.61 Å². The standard InChI is InChI=1S/C17H29N3O/c1-14-6-3-4-7-16(14)17(15(2)18)20-9-5-8-19(10-11-20)12-13-21/h3-4,6-7,15,17,21H,5,8-13,18H2,1-2H3. The van der Waals surface area contributed by atoms with E-state index in [1.165, 1.54) is 11.1 Å². The molecule has 0 aromatic heterocycles. The third kappa shape index (κ3) is 4.27. The van der Waals surface area contributed by atoms with E-state index in [4.69, 9.17) is 10.8 Å². The summed E-state index contributed by atoms with van der Waals surface area (Å²) in [6.45, 7) is 9.46. The summed E-state index contributed by atoms with van der Waals surface area (Å²) in [6, 6.07) is 8.95. The van der Waals surface area contributed by atoms with E-state index in [9.17, 15) is 0 Å². The lowest BCUT2D eigenvalue weighted by atomic mass is 9.95. The zero-order valence-electron chi connectivity index (χ0n) is 13.3. The molecule has 0 bridgehead atoms. The van der Waals surface area contributed by atoms with Gasteiger partial charge in [0.15, 0.2) is 0 Å². The summed E-state index contributed by atoms with van der Waals surface area (Å²) in [6.07, 6.45) is 1.13. The van der Waals surface area contributed by atoms with Crippen LogP contribution < -0.4 is 5.73 Å². The maximum atomic E-state index is 9.11. The molecule has 1 fully saturated rings. The van der Waals surface area contributed by atoms with Crippen molar-refractivity contribution >= 4 is 0 Å². The van der Waals surface area contributed by atoms with Crippen LogP contribution in [-0.2, 0) is 0 Å². The first-order valence-electron chi connectivity index (χ1n) is 8.02. The van der Waals surface area contributed by atoms with Crippen LogP contribution in [-0.4, -0.2) is 60.3 Å². The van der Waals surface area contributed by atoms with E-state index < -0.39 is 0 Å². The van der Waals surface area contributed by atoms with Gasteiger partial charge >= 0.3 is 0 Å². The Morgan fingerprint density at radius 1 is 1.19 bits per heavy atom. The Bertz CT molecular complexity index is 436. The Labute approximate surface area is 128 Å². The van der Waals surface area contributed by atoms with Crippen LogP contribution in [0.5, 0.6) is 0 Å². The fourth-order valence-corrected chi connectivity index (χ4v) is 3.37. The zero-order chi connectivity index (χ0) is 15.2. The third-order valence-electron chi connectivity index (χ3n) is 4.44. The van der Waals surface area contributed by atoms with Gasteiger partial charge < -0.3 is 10.8 Å². The lowest BCUT2D eigenvalue weighted by molar-refractivity contribution is 0.168. The van der Waals surface area contributed by atoms with Gasteiger partial charge in [-0.15, -0.1) is 0 Å². The van der Waals surface area contributed by atoms with E-state index in [-0.39, 0.29) is 18.7 Å². The average molecular weight is 291 g/mol. The van der Waals surface area contributed by atoms with E-state index in [2.05, 4.69) is 47.9 Å². The Morgan fingerprint density at radius 3 is 2.62 bits per heavy atom. The van der Waals surface area contributed by atoms with Gasteiger partial charge in [-0.3, -0.25) is 9.80 Å². The number of aryl methyl sites for hydroxylation is 1. The van der Waals surface area contributed by atoms with E-state index in [1.54, 1.807) is 0 Å². The maximum Gasteiger partial charge on any atom is 0.0558 e. The first kappa shape index (κ1) is 16.4. The minimum atomic E-state index is 0.107. The third-order valence-corrected chi connectivity index (χ3v) is 4.44. The highest BCUT2D eigenvalue weighted by molar-refractivity contribution is 5.30. The fraction of sp³-hybridized carbons (Fsp3) is 0.647. The number of aliphatic hydroxyl groups excluding tert-OH is 1. The van der Waals surface area contributed by atoms with E-state index in [0.29, 0.717) is 0 Å². The molecule has 2 atom stereocenters. The summed E-state index contributed by atoms with van der Waals surface area (Å²) in [7, 11) is 0. The Morgan fingerprint density at radius 2 is 1.95 bits per heavy atom. The van der Waals surface area contributed by atoms with E-state index in [1.807, 2.05) is 0 Å². The molecule has 0 aliphatic carbocycles. The summed E-state index contributed by atoms with van der Waals surface area (Å²) in [5.74, 6) is 0. The van der Waals surface area contributed by atoms with Crippen molar-refractivity contribution < 1.29 is 5.11 Å². The molecule has 1 aromatic carbocycles. The lowest BCUT2D eigenvalue weighted by Crippen LogP contribution is -2.42. The van der Waals surface area contributed by atoms with Gasteiger partial charge in [-0.05, 0) is 37.9 Å². The Kier molecular flexibility index (Phi) is 6.18. The zero-order valence-corrected chi connectivity index (χ0v) is 13.3. The second kappa shape index (κ2) is 7.90. The van der Waals surface area contributed by atoms with Gasteiger partial charge in [0.25, 0.3) is 0 Å². The topological polar surface area (TPSA) is 52.7 Å². The molecule has 21 heavy (non-hydrogen) atoms. The summed E-state index contributed by atoms with van der Waals surface area (Å²) in [5.41, 5.74) is 8.98. The molecular weight excluding hydrogens is 262 g/mol. The first-order valence-corrected chi connectivity index (χ1v) is 8.02. The number of hydrogen-bond acceptors (Lipinski definition) is 4. The molecule has 0 amide bonds. The number of nitrogens with two attached hydrogens (primary N) is 1. The molecule has 0 spiro atoms. The summed E-state index contributed by atoms with van der Waals surface area (Å²) >= 11 is 0. The fourth-order valence-electron chi connectivity index (χ4n) is 3.37. The number of nitrogens with zero attached hydrogens (tertiary/aromatic N) is 2. The highest BCUT2D eigenvalue weighted by Gasteiger charge is 2.26. The van der Waals surface area contributed by atoms with Crippen molar-refractivity contribution in [2.75, 3.05) is 39.3 Å². The molecule has 2 rings (SSSR count). The van der Waals surface area contributed by atoms with Crippen LogP contribution in [0.25, 0.3) is 0 Å². The number of rotatable bonds is 5. The summed E-state index contributed by atoms with van der Waals surface area (Å²) < 4.78 is 0. The Balaban J connectivity index is 2.14. The highest BCUT2D eigenvalue weighted by Crippen LogP contribution is 2.27. The van der Waals surface area contributed by atoms with E-state index in [0.717, 1.165) is 39.1 Å². The van der Waals surface area contributed by atoms with E-state index >= 15 is 0 Å². The summed E-state index contributed by atoms with van der Waals surface area (Å²) in [5, 5.41) is 9.11. The molecule has 2 unspecified atom stereocenters. The largest absolute Gasteiger partial charge is 0.395 e. The van der Waals surface area contributed by atoms with Crippen molar-refractivity contribution in [3.8, 4) is 0 Å². The van der Waals surface area contributed by atoms with Gasteiger partial charge in [-0.25, -0.2) is 0 Å². The number of hydrogen-bond donors (Lipinski definition) is 2. The molecule has 1 aliphatic heterocycles. The van der Waals surface area contributed by atoms with Crippen LogP contribution in [0.4, 0.5) is 0 Å². The van der Waals surface area contributed by atoms with Gasteiger partial charge in [0.2, 0.25) is 0 Å². The normalized spacial score (nSPS) is 21.0. The number of β-amino-alcohol motifs (C(OH)–C–C–N with tert-alkyl or cyclic N) is 1. The second-order valence-corrected chi connectivity index (χ2v) is 6.12. The quantitative estimate of drug-likeness (QED) is 0.861. The molecule has 118 valence electrons. The van der Waals surface area contributed by atoms with Gasteiger partial charge in [-0.2, -0.15) is 0 Å². The molecule has 0 saturated carbocycles. The molecule has 0 radical (unpaired) electrons. The van der Waals surface area contributed by atoms with Crippen LogP contribution in [0.3, 0.4) is 0 Å². The minimum Gasteiger partial charge on any atom is -0.395 e. The van der Waals surface area contributed by atoms with Crippen molar-refractivity contribution in [1.82, 2.24) is 9.80 Å². The predicted molar refractivity (Wildman–Crippen MR) is 87.3 cm³/mol. The predicted octanol–water partition coefficient (Wildman–Crippen LogP) is 1.38. The smallest absolute Gasteiger partial charge is 0.0558 e. The van der Waals surface area contributed by atoms with Gasteiger partial charge in [0, 0.05) is 38.3 Å². The van der Waals surface area contributed by atoms with Crippen LogP contribution in [0, 0.1) is 6.92 Å². The van der Waals surface area contributed by atoms with Crippen molar-refractivity contribution in [2.45, 2.75) is 32.4 Å². The molecule has 1 aliphatic rings. The number of aliphatic hydroxyl groups is 1. The molecule has 1 saturated heterocycles. The highest BCUT2D eigenvalue weighted by atomic mass is 16.3. The van der Waals surface area contributed by atoms with Gasteiger partial charge in [0.1, 0.15) is 0 Å². The van der Waals surface area contributed by atoms with Crippen LogP contribution >= 0.6 is 0 Å². The van der Waals surface area contributed by atoms with Gasteiger partial charge in [-0.1, -0.05) is 24.3 Å². The van der Waals surface area contributed by atoms with Crippen LogP contribution in [0.15, 0.2) is 24.3 Å². The second-order valence-electron chi connectivity index (χ2n) is 6.12. The lowest BCUT2D eigenvalue weighted by Gasteiger charge is -2.34. The minimum absolute atomic E-state index is 0.107. The molecule has 4 nitrogen and oxygen atoms in total. The van der Waals surface area contributed by atoms with Crippen LogP contribution in [0.1, 0.15) is 30.5 Å². The first-order chi connectivity index (χ1) is 10.1. The van der Waals surface area contributed by atoms with Crippen molar-refractivity contribution in [2.24, 2.45) is 5.73 Å². The molecule has 1 heterocycles. The Hall–Kier alpha value is -0.940. The monoisotopic (exact) mass is 291 g/mol.